The highest BCUT2D eigenvalue weighted by Crippen LogP contribution is 2.27. The quantitative estimate of drug-likeness (QED) is 0.510. The second-order valence-corrected chi connectivity index (χ2v) is 10.9. The van der Waals surface area contributed by atoms with E-state index in [0.29, 0.717) is 13.1 Å². The number of halogens is 1. The lowest BCUT2D eigenvalue weighted by Crippen LogP contribution is -2.54. The first-order chi connectivity index (χ1) is 14.8. The van der Waals surface area contributed by atoms with Crippen LogP contribution >= 0.6 is 12.4 Å². The average Bonchev–Trinajstić information content (AvgIpc) is 3.25. The van der Waals surface area contributed by atoms with Gasteiger partial charge in [0.1, 0.15) is 0 Å². The van der Waals surface area contributed by atoms with Crippen molar-refractivity contribution in [2.75, 3.05) is 26.2 Å². The Morgan fingerprint density at radius 3 is 1.41 bits per heavy atom. The van der Waals surface area contributed by atoms with E-state index in [2.05, 4.69) is 18.5 Å². The summed E-state index contributed by atoms with van der Waals surface area (Å²) in [5.74, 6) is 0. The van der Waals surface area contributed by atoms with Crippen LogP contribution in [0.3, 0.4) is 0 Å². The van der Waals surface area contributed by atoms with Crippen LogP contribution in [0.5, 0.6) is 0 Å². The second-order valence-electron chi connectivity index (χ2n) is 7.15. The highest BCUT2D eigenvalue weighted by atomic mass is 35.5. The van der Waals surface area contributed by atoms with Crippen molar-refractivity contribution in [1.82, 2.24) is 13.9 Å². The SMILES string of the molecule is C=CCN([C@H]1CNC[C@@H]1N(CC=C)S(=O)(=O)c1ccccc1)S(=O)(=O)c1ccccc1.Cl. The van der Waals surface area contributed by atoms with Gasteiger partial charge in [0, 0.05) is 26.2 Å². The number of hydrogen-bond acceptors (Lipinski definition) is 5. The van der Waals surface area contributed by atoms with E-state index in [-0.39, 0.29) is 35.3 Å². The van der Waals surface area contributed by atoms with Gasteiger partial charge >= 0.3 is 0 Å². The van der Waals surface area contributed by atoms with Gasteiger partial charge in [0.15, 0.2) is 0 Å². The largest absolute Gasteiger partial charge is 0.313 e. The molecule has 1 N–H and O–H groups in total. The molecule has 0 aliphatic carbocycles. The van der Waals surface area contributed by atoms with E-state index in [1.807, 2.05) is 0 Å². The molecule has 7 nitrogen and oxygen atoms in total. The van der Waals surface area contributed by atoms with Gasteiger partial charge in [0.05, 0.1) is 21.9 Å². The van der Waals surface area contributed by atoms with Gasteiger partial charge < -0.3 is 5.32 Å². The van der Waals surface area contributed by atoms with Gasteiger partial charge in [-0.15, -0.1) is 25.6 Å². The molecule has 0 bridgehead atoms. The molecule has 0 saturated carbocycles. The Hall–Kier alpha value is -2.01. The topological polar surface area (TPSA) is 86.8 Å². The third-order valence-electron chi connectivity index (χ3n) is 5.21. The summed E-state index contributed by atoms with van der Waals surface area (Å²) in [4.78, 5) is 0.312. The normalized spacial score (nSPS) is 18.9. The van der Waals surface area contributed by atoms with Gasteiger partial charge in [0.25, 0.3) is 0 Å². The fraction of sp³-hybridized carbons (Fsp3) is 0.273. The van der Waals surface area contributed by atoms with Crippen LogP contribution in [-0.2, 0) is 20.0 Å². The third-order valence-corrected chi connectivity index (χ3v) is 9.02. The van der Waals surface area contributed by atoms with Crippen molar-refractivity contribution in [2.45, 2.75) is 21.9 Å². The van der Waals surface area contributed by atoms with E-state index < -0.39 is 32.1 Å². The van der Waals surface area contributed by atoms with Crippen molar-refractivity contribution < 1.29 is 16.8 Å². The molecule has 1 fully saturated rings. The number of sulfonamides is 2. The van der Waals surface area contributed by atoms with Crippen LogP contribution in [0.25, 0.3) is 0 Å². The molecule has 2 aromatic rings. The van der Waals surface area contributed by atoms with Crippen molar-refractivity contribution in [2.24, 2.45) is 0 Å². The first-order valence-corrected chi connectivity index (χ1v) is 12.8. The highest BCUT2D eigenvalue weighted by Gasteiger charge is 2.44. The lowest BCUT2D eigenvalue weighted by Gasteiger charge is -2.36. The summed E-state index contributed by atoms with van der Waals surface area (Å²) in [5, 5.41) is 3.17. The maximum atomic E-state index is 13.4. The number of benzene rings is 2. The first kappa shape index (κ1) is 26.2. The van der Waals surface area contributed by atoms with E-state index in [1.54, 1.807) is 36.4 Å². The summed E-state index contributed by atoms with van der Waals surface area (Å²) < 4.78 is 56.3. The molecular weight excluding hydrogens is 470 g/mol. The minimum atomic E-state index is -3.86. The molecule has 0 aromatic heterocycles. The summed E-state index contributed by atoms with van der Waals surface area (Å²) in [6.07, 6.45) is 3.03. The Kier molecular flexibility index (Phi) is 9.20. The molecular formula is C22H28ClN3O4S2. The standard InChI is InChI=1S/C22H27N3O4S2.ClH/c1-3-15-24(30(26,27)19-11-7-5-8-12-19)21-17-23-18-22(21)25(16-4-2)31(28,29)20-13-9-6-10-14-20;/h3-14,21-23H,1-2,15-18H2;1H/t21-,22-;/m0./s1. The van der Waals surface area contributed by atoms with Gasteiger partial charge in [-0.05, 0) is 24.3 Å². The van der Waals surface area contributed by atoms with Gasteiger partial charge in [-0.2, -0.15) is 8.61 Å². The summed E-state index contributed by atoms with van der Waals surface area (Å²) in [5.41, 5.74) is 0. The molecule has 10 heteroatoms. The molecule has 0 amide bonds. The van der Waals surface area contributed by atoms with E-state index in [1.165, 1.54) is 45.0 Å². The average molecular weight is 498 g/mol. The summed E-state index contributed by atoms with van der Waals surface area (Å²) in [7, 11) is -7.73. The molecule has 1 heterocycles. The molecule has 0 spiro atoms. The Morgan fingerprint density at radius 2 is 1.09 bits per heavy atom. The number of nitrogens with one attached hydrogen (secondary N) is 1. The first-order valence-electron chi connectivity index (χ1n) is 9.90. The lowest BCUT2D eigenvalue weighted by atomic mass is 10.1. The number of hydrogen-bond donors (Lipinski definition) is 1. The lowest BCUT2D eigenvalue weighted by molar-refractivity contribution is 0.248. The maximum absolute atomic E-state index is 13.4. The maximum Gasteiger partial charge on any atom is 0.243 e. The smallest absolute Gasteiger partial charge is 0.243 e. The van der Waals surface area contributed by atoms with Crippen LogP contribution in [0.4, 0.5) is 0 Å². The zero-order valence-electron chi connectivity index (χ0n) is 17.6. The predicted octanol–water partition coefficient (Wildman–Crippen LogP) is 2.50. The van der Waals surface area contributed by atoms with E-state index in [4.69, 9.17) is 0 Å². The van der Waals surface area contributed by atoms with Crippen molar-refractivity contribution in [3.8, 4) is 0 Å². The van der Waals surface area contributed by atoms with Crippen LogP contribution in [0.15, 0.2) is 95.8 Å². The Balaban J connectivity index is 0.00000363. The van der Waals surface area contributed by atoms with Crippen LogP contribution in [-0.4, -0.2) is 63.7 Å². The minimum absolute atomic E-state index is 0. The van der Waals surface area contributed by atoms with Crippen molar-refractivity contribution >= 4 is 32.5 Å². The fourth-order valence-electron chi connectivity index (χ4n) is 3.77. The van der Waals surface area contributed by atoms with Gasteiger partial charge in [-0.25, -0.2) is 16.8 Å². The van der Waals surface area contributed by atoms with Crippen molar-refractivity contribution in [3.63, 3.8) is 0 Å². The van der Waals surface area contributed by atoms with E-state index in [0.717, 1.165) is 0 Å². The van der Waals surface area contributed by atoms with Crippen LogP contribution in [0, 0.1) is 0 Å². The molecule has 2 atom stereocenters. The van der Waals surface area contributed by atoms with Gasteiger partial charge in [-0.3, -0.25) is 0 Å². The van der Waals surface area contributed by atoms with Crippen molar-refractivity contribution in [1.29, 1.82) is 0 Å². The van der Waals surface area contributed by atoms with Crippen LogP contribution in [0.2, 0.25) is 0 Å². The highest BCUT2D eigenvalue weighted by molar-refractivity contribution is 7.89. The summed E-state index contributed by atoms with van der Waals surface area (Å²) >= 11 is 0. The molecule has 174 valence electrons. The zero-order valence-corrected chi connectivity index (χ0v) is 20.0. The summed E-state index contributed by atoms with van der Waals surface area (Å²) in [6, 6.07) is 15.0. The minimum Gasteiger partial charge on any atom is -0.313 e. The van der Waals surface area contributed by atoms with Gasteiger partial charge in [-0.1, -0.05) is 48.6 Å². The van der Waals surface area contributed by atoms with Gasteiger partial charge in [0.2, 0.25) is 20.0 Å². The Bertz CT molecular complexity index is 1020. The number of nitrogens with zero attached hydrogens (tertiary/aromatic N) is 2. The molecule has 32 heavy (non-hydrogen) atoms. The van der Waals surface area contributed by atoms with Crippen LogP contribution < -0.4 is 5.32 Å². The molecule has 2 aromatic carbocycles. The molecule has 1 aliphatic rings. The van der Waals surface area contributed by atoms with Crippen molar-refractivity contribution in [3.05, 3.63) is 86.0 Å². The fourth-order valence-corrected chi connectivity index (χ4v) is 7.06. The number of rotatable bonds is 10. The molecule has 1 aliphatic heterocycles. The Labute approximate surface area is 196 Å². The molecule has 1 saturated heterocycles. The van der Waals surface area contributed by atoms with E-state index >= 15 is 0 Å². The molecule has 0 radical (unpaired) electrons. The predicted molar refractivity (Wildman–Crippen MR) is 129 cm³/mol. The molecule has 3 rings (SSSR count). The second kappa shape index (κ2) is 11.2. The molecule has 0 unspecified atom stereocenters. The Morgan fingerprint density at radius 1 is 0.750 bits per heavy atom. The monoisotopic (exact) mass is 497 g/mol. The zero-order chi connectivity index (χ0) is 22.5. The third kappa shape index (κ3) is 5.31. The van der Waals surface area contributed by atoms with E-state index in [9.17, 15) is 16.8 Å². The van der Waals surface area contributed by atoms with Crippen LogP contribution in [0.1, 0.15) is 0 Å². The summed E-state index contributed by atoms with van der Waals surface area (Å²) in [6.45, 7) is 8.18.